The molecule has 2 aromatic heterocycles. The molecule has 1 aliphatic heterocycles. The summed E-state index contributed by atoms with van der Waals surface area (Å²) in [6, 6.07) is 3.48. The summed E-state index contributed by atoms with van der Waals surface area (Å²) in [4.78, 5) is 8.37. The van der Waals surface area contributed by atoms with Crippen molar-refractivity contribution >= 4 is 11.6 Å². The fraction of sp³-hybridized carbons (Fsp3) is 0.417. The van der Waals surface area contributed by atoms with Crippen molar-refractivity contribution in [3.05, 3.63) is 29.2 Å². The number of pyridine rings is 1. The van der Waals surface area contributed by atoms with Crippen LogP contribution in [0.4, 0.5) is 0 Å². The summed E-state index contributed by atoms with van der Waals surface area (Å²) in [6.07, 6.45) is 1.55. The molecule has 1 N–H and O–H groups in total. The third kappa shape index (κ3) is 2.75. The molecule has 0 aliphatic carbocycles. The summed E-state index contributed by atoms with van der Waals surface area (Å²) in [7, 11) is 0. The Morgan fingerprint density at radius 3 is 2.95 bits per heavy atom. The Hall–Kier alpha value is -1.50. The van der Waals surface area contributed by atoms with Crippen LogP contribution < -0.4 is 5.32 Å². The normalized spacial score (nSPS) is 17.2. The van der Waals surface area contributed by atoms with E-state index >= 15 is 0 Å². The van der Waals surface area contributed by atoms with Crippen molar-refractivity contribution in [1.82, 2.24) is 20.4 Å². The molecule has 0 atom stereocenters. The van der Waals surface area contributed by atoms with Gasteiger partial charge in [0.15, 0.2) is 0 Å². The second-order valence-electron chi connectivity index (χ2n) is 4.72. The molecule has 19 heavy (non-hydrogen) atoms. The molecule has 6 nitrogen and oxygen atoms in total. The van der Waals surface area contributed by atoms with Crippen molar-refractivity contribution < 1.29 is 9.26 Å². The number of hydrogen-bond donors (Lipinski definition) is 1. The van der Waals surface area contributed by atoms with E-state index in [4.69, 9.17) is 20.9 Å². The van der Waals surface area contributed by atoms with Crippen molar-refractivity contribution in [2.45, 2.75) is 19.1 Å². The fourth-order valence-electron chi connectivity index (χ4n) is 1.74. The van der Waals surface area contributed by atoms with E-state index in [1.165, 1.54) is 0 Å². The molecule has 0 spiro atoms. The number of ether oxygens (including phenoxy) is 1. The fourth-order valence-corrected chi connectivity index (χ4v) is 1.85. The molecule has 0 unspecified atom stereocenters. The van der Waals surface area contributed by atoms with E-state index in [1.807, 2.05) is 6.92 Å². The minimum absolute atomic E-state index is 0.132. The van der Waals surface area contributed by atoms with Gasteiger partial charge in [0, 0.05) is 19.3 Å². The number of nitrogens with zero attached hydrogens (tertiary/aromatic N) is 3. The SMILES string of the molecule is CC1(OCc2nc(-c3ccc(Cl)cn3)no2)CNC1. The lowest BCUT2D eigenvalue weighted by Gasteiger charge is -2.38. The highest BCUT2D eigenvalue weighted by Crippen LogP contribution is 2.19. The summed E-state index contributed by atoms with van der Waals surface area (Å²) < 4.78 is 10.9. The second kappa shape index (κ2) is 4.88. The molecule has 0 saturated carbocycles. The van der Waals surface area contributed by atoms with E-state index in [0.29, 0.717) is 29.0 Å². The van der Waals surface area contributed by atoms with Crippen molar-refractivity contribution in [3.8, 4) is 11.5 Å². The van der Waals surface area contributed by atoms with Gasteiger partial charge in [-0.1, -0.05) is 16.8 Å². The van der Waals surface area contributed by atoms with E-state index in [9.17, 15) is 0 Å². The maximum atomic E-state index is 5.77. The van der Waals surface area contributed by atoms with Crippen LogP contribution in [0.15, 0.2) is 22.9 Å². The van der Waals surface area contributed by atoms with E-state index in [1.54, 1.807) is 18.3 Å². The number of rotatable bonds is 4. The Balaban J connectivity index is 1.67. The minimum Gasteiger partial charge on any atom is -0.363 e. The summed E-state index contributed by atoms with van der Waals surface area (Å²) in [5, 5.41) is 7.60. The number of halogens is 1. The van der Waals surface area contributed by atoms with E-state index < -0.39 is 0 Å². The molecular weight excluding hydrogens is 268 g/mol. The van der Waals surface area contributed by atoms with Crippen LogP contribution in [-0.4, -0.2) is 33.8 Å². The quantitative estimate of drug-likeness (QED) is 0.918. The Bertz CT molecular complexity index is 565. The van der Waals surface area contributed by atoms with E-state index in [-0.39, 0.29) is 5.60 Å². The van der Waals surface area contributed by atoms with Crippen LogP contribution in [0, 0.1) is 0 Å². The van der Waals surface area contributed by atoms with Gasteiger partial charge in [-0.3, -0.25) is 4.98 Å². The van der Waals surface area contributed by atoms with Crippen LogP contribution in [0.1, 0.15) is 12.8 Å². The maximum Gasteiger partial charge on any atom is 0.253 e. The third-order valence-corrected chi connectivity index (χ3v) is 3.19. The summed E-state index contributed by atoms with van der Waals surface area (Å²) >= 11 is 5.77. The standard InChI is InChI=1S/C12H13ClN4O2/c1-12(6-14-7-12)18-5-10-16-11(17-19-10)9-3-2-8(13)4-15-9/h2-4,14H,5-7H2,1H3. The van der Waals surface area contributed by atoms with Crippen molar-refractivity contribution in [2.75, 3.05) is 13.1 Å². The number of aromatic nitrogens is 3. The maximum absolute atomic E-state index is 5.77. The average Bonchev–Trinajstić information content (AvgIpc) is 2.84. The Morgan fingerprint density at radius 2 is 2.32 bits per heavy atom. The molecule has 2 aromatic rings. The van der Waals surface area contributed by atoms with E-state index in [2.05, 4.69) is 20.4 Å². The lowest BCUT2D eigenvalue weighted by atomic mass is 10.0. The summed E-state index contributed by atoms with van der Waals surface area (Å²) in [5.41, 5.74) is 0.489. The van der Waals surface area contributed by atoms with Crippen LogP contribution in [-0.2, 0) is 11.3 Å². The van der Waals surface area contributed by atoms with Gasteiger partial charge in [-0.05, 0) is 19.1 Å². The van der Waals surface area contributed by atoms with Crippen LogP contribution in [0.2, 0.25) is 5.02 Å². The summed E-state index contributed by atoms with van der Waals surface area (Å²) in [5.74, 6) is 0.882. The number of nitrogens with one attached hydrogen (secondary N) is 1. The van der Waals surface area contributed by atoms with Crippen LogP contribution in [0.25, 0.3) is 11.5 Å². The zero-order chi connectivity index (χ0) is 13.3. The van der Waals surface area contributed by atoms with Crippen LogP contribution in [0.3, 0.4) is 0 Å². The molecule has 3 heterocycles. The summed E-state index contributed by atoms with van der Waals surface area (Å²) in [6.45, 7) is 4.03. The molecule has 100 valence electrons. The topological polar surface area (TPSA) is 73.1 Å². The van der Waals surface area contributed by atoms with E-state index in [0.717, 1.165) is 13.1 Å². The number of hydrogen-bond acceptors (Lipinski definition) is 6. The smallest absolute Gasteiger partial charge is 0.253 e. The Labute approximate surface area is 115 Å². The van der Waals surface area contributed by atoms with Crippen molar-refractivity contribution in [3.63, 3.8) is 0 Å². The van der Waals surface area contributed by atoms with Crippen molar-refractivity contribution in [2.24, 2.45) is 0 Å². The average molecular weight is 281 g/mol. The van der Waals surface area contributed by atoms with Crippen LogP contribution in [0.5, 0.6) is 0 Å². The molecule has 0 amide bonds. The Kier molecular flexibility index (Phi) is 3.22. The first-order valence-corrected chi connectivity index (χ1v) is 6.32. The first-order chi connectivity index (χ1) is 9.15. The minimum atomic E-state index is -0.132. The first kappa shape index (κ1) is 12.5. The van der Waals surface area contributed by atoms with Gasteiger partial charge in [-0.15, -0.1) is 0 Å². The highest BCUT2D eigenvalue weighted by molar-refractivity contribution is 6.30. The van der Waals surface area contributed by atoms with Gasteiger partial charge in [-0.2, -0.15) is 4.98 Å². The van der Waals surface area contributed by atoms with Gasteiger partial charge in [0.05, 0.1) is 10.6 Å². The van der Waals surface area contributed by atoms with Gasteiger partial charge < -0.3 is 14.6 Å². The molecule has 1 aliphatic rings. The molecule has 0 radical (unpaired) electrons. The molecular formula is C12H13ClN4O2. The molecule has 0 aromatic carbocycles. The molecule has 0 bridgehead atoms. The molecule has 7 heteroatoms. The first-order valence-electron chi connectivity index (χ1n) is 5.94. The van der Waals surface area contributed by atoms with Gasteiger partial charge in [0.1, 0.15) is 12.3 Å². The predicted molar refractivity (Wildman–Crippen MR) is 68.6 cm³/mol. The predicted octanol–water partition coefficient (Wildman–Crippen LogP) is 1.66. The lowest BCUT2D eigenvalue weighted by Crippen LogP contribution is -2.58. The Morgan fingerprint density at radius 1 is 1.47 bits per heavy atom. The monoisotopic (exact) mass is 280 g/mol. The van der Waals surface area contributed by atoms with Crippen molar-refractivity contribution in [1.29, 1.82) is 0 Å². The molecule has 1 fully saturated rings. The van der Waals surface area contributed by atoms with Gasteiger partial charge in [0.2, 0.25) is 5.82 Å². The van der Waals surface area contributed by atoms with Gasteiger partial charge in [0.25, 0.3) is 5.89 Å². The van der Waals surface area contributed by atoms with Crippen LogP contribution >= 0.6 is 11.6 Å². The highest BCUT2D eigenvalue weighted by Gasteiger charge is 2.33. The zero-order valence-corrected chi connectivity index (χ0v) is 11.1. The third-order valence-electron chi connectivity index (χ3n) is 2.97. The van der Waals surface area contributed by atoms with Gasteiger partial charge in [-0.25, -0.2) is 0 Å². The van der Waals surface area contributed by atoms with Gasteiger partial charge >= 0.3 is 0 Å². The lowest BCUT2D eigenvalue weighted by molar-refractivity contribution is -0.0841. The molecule has 3 rings (SSSR count). The highest BCUT2D eigenvalue weighted by atomic mass is 35.5. The molecule has 1 saturated heterocycles. The zero-order valence-electron chi connectivity index (χ0n) is 10.4. The second-order valence-corrected chi connectivity index (χ2v) is 5.15. The largest absolute Gasteiger partial charge is 0.363 e.